The first kappa shape index (κ1) is 15.5. The number of nitrogens with zero attached hydrogens (tertiary/aromatic N) is 1. The fourth-order valence-corrected chi connectivity index (χ4v) is 2.86. The van der Waals surface area contributed by atoms with Gasteiger partial charge in [-0.2, -0.15) is 0 Å². The molecular formula is C17H28N2O. The molecule has 0 amide bonds. The molecule has 0 saturated carbocycles. The highest BCUT2D eigenvalue weighted by Crippen LogP contribution is 2.19. The molecule has 0 bridgehead atoms. The van der Waals surface area contributed by atoms with E-state index in [-0.39, 0.29) is 0 Å². The predicted molar refractivity (Wildman–Crippen MR) is 83.9 cm³/mol. The molecular weight excluding hydrogens is 248 g/mol. The standard InChI is InChI=1S/C17H28N2O/c1-3-20-13-7-12-19-14-17(18-11-10-15(19)2)16-8-5-4-6-9-16/h4-6,8-9,15,17-18H,3,7,10-14H2,1-2H3. The van der Waals surface area contributed by atoms with Crippen LogP contribution in [0.2, 0.25) is 0 Å². The lowest BCUT2D eigenvalue weighted by Gasteiger charge is -2.29. The van der Waals surface area contributed by atoms with E-state index in [1.54, 1.807) is 0 Å². The van der Waals surface area contributed by atoms with Crippen molar-refractivity contribution in [2.75, 3.05) is 32.8 Å². The fraction of sp³-hybridized carbons (Fsp3) is 0.647. The molecule has 3 heteroatoms. The molecule has 1 N–H and O–H groups in total. The summed E-state index contributed by atoms with van der Waals surface area (Å²) in [5.74, 6) is 0. The minimum atomic E-state index is 0.452. The second kappa shape index (κ2) is 8.40. The first-order valence-electron chi connectivity index (χ1n) is 7.91. The normalized spacial score (nSPS) is 24.5. The summed E-state index contributed by atoms with van der Waals surface area (Å²) in [6.07, 6.45) is 2.34. The Morgan fingerprint density at radius 1 is 1.30 bits per heavy atom. The van der Waals surface area contributed by atoms with Crippen LogP contribution in [0.15, 0.2) is 30.3 Å². The lowest BCUT2D eigenvalue weighted by Crippen LogP contribution is -2.37. The van der Waals surface area contributed by atoms with E-state index in [9.17, 15) is 0 Å². The third kappa shape index (κ3) is 4.58. The van der Waals surface area contributed by atoms with Gasteiger partial charge in [-0.1, -0.05) is 30.3 Å². The van der Waals surface area contributed by atoms with Crippen molar-refractivity contribution < 1.29 is 4.74 Å². The molecule has 1 aromatic carbocycles. The summed E-state index contributed by atoms with van der Waals surface area (Å²) in [6.45, 7) is 9.43. The zero-order valence-corrected chi connectivity index (χ0v) is 12.8. The van der Waals surface area contributed by atoms with Gasteiger partial charge in [-0.15, -0.1) is 0 Å². The lowest BCUT2D eigenvalue weighted by molar-refractivity contribution is 0.122. The fourth-order valence-electron chi connectivity index (χ4n) is 2.86. The van der Waals surface area contributed by atoms with Gasteiger partial charge in [-0.25, -0.2) is 0 Å². The summed E-state index contributed by atoms with van der Waals surface area (Å²) < 4.78 is 5.46. The Hall–Kier alpha value is -0.900. The summed E-state index contributed by atoms with van der Waals surface area (Å²) in [5, 5.41) is 3.69. The van der Waals surface area contributed by atoms with Gasteiger partial charge in [0, 0.05) is 38.4 Å². The summed E-state index contributed by atoms with van der Waals surface area (Å²) in [4.78, 5) is 2.61. The number of rotatable bonds is 6. The molecule has 1 aromatic rings. The number of nitrogens with one attached hydrogen (secondary N) is 1. The molecule has 1 aliphatic heterocycles. The van der Waals surface area contributed by atoms with E-state index in [1.165, 1.54) is 12.0 Å². The van der Waals surface area contributed by atoms with Crippen LogP contribution in [0.3, 0.4) is 0 Å². The van der Waals surface area contributed by atoms with Crippen molar-refractivity contribution in [1.29, 1.82) is 0 Å². The molecule has 1 aliphatic rings. The van der Waals surface area contributed by atoms with Crippen molar-refractivity contribution in [1.82, 2.24) is 10.2 Å². The first-order valence-corrected chi connectivity index (χ1v) is 7.91. The number of hydrogen-bond acceptors (Lipinski definition) is 3. The smallest absolute Gasteiger partial charge is 0.0478 e. The van der Waals surface area contributed by atoms with Gasteiger partial charge in [0.15, 0.2) is 0 Å². The van der Waals surface area contributed by atoms with Crippen LogP contribution in [0.25, 0.3) is 0 Å². The van der Waals surface area contributed by atoms with Gasteiger partial charge in [-0.05, 0) is 38.8 Å². The average Bonchev–Trinajstić information content (AvgIpc) is 2.67. The van der Waals surface area contributed by atoms with E-state index in [0.717, 1.165) is 39.3 Å². The summed E-state index contributed by atoms with van der Waals surface area (Å²) in [6, 6.07) is 11.9. The molecule has 0 radical (unpaired) electrons. The van der Waals surface area contributed by atoms with Crippen molar-refractivity contribution in [2.45, 2.75) is 38.8 Å². The number of ether oxygens (including phenoxy) is 1. The number of benzene rings is 1. The summed E-state index contributed by atoms with van der Waals surface area (Å²) in [5.41, 5.74) is 1.40. The van der Waals surface area contributed by atoms with Crippen molar-refractivity contribution in [2.24, 2.45) is 0 Å². The largest absolute Gasteiger partial charge is 0.382 e. The topological polar surface area (TPSA) is 24.5 Å². The zero-order valence-electron chi connectivity index (χ0n) is 12.8. The molecule has 1 saturated heterocycles. The maximum Gasteiger partial charge on any atom is 0.0478 e. The van der Waals surface area contributed by atoms with Crippen LogP contribution in [-0.2, 0) is 4.74 Å². The monoisotopic (exact) mass is 276 g/mol. The Kier molecular flexibility index (Phi) is 6.51. The van der Waals surface area contributed by atoms with Crippen molar-refractivity contribution in [3.05, 3.63) is 35.9 Å². The van der Waals surface area contributed by atoms with Crippen LogP contribution in [-0.4, -0.2) is 43.8 Å². The van der Waals surface area contributed by atoms with Crippen LogP contribution in [0.4, 0.5) is 0 Å². The quantitative estimate of drug-likeness (QED) is 0.809. The second-order valence-corrected chi connectivity index (χ2v) is 5.60. The van der Waals surface area contributed by atoms with Gasteiger partial charge >= 0.3 is 0 Å². The summed E-state index contributed by atoms with van der Waals surface area (Å²) >= 11 is 0. The lowest BCUT2D eigenvalue weighted by atomic mass is 10.1. The van der Waals surface area contributed by atoms with Gasteiger partial charge < -0.3 is 10.1 Å². The molecule has 2 atom stereocenters. The molecule has 0 aliphatic carbocycles. The first-order chi connectivity index (χ1) is 9.81. The van der Waals surface area contributed by atoms with Crippen LogP contribution in [0, 0.1) is 0 Å². The molecule has 112 valence electrons. The highest BCUT2D eigenvalue weighted by atomic mass is 16.5. The highest BCUT2D eigenvalue weighted by Gasteiger charge is 2.23. The van der Waals surface area contributed by atoms with E-state index < -0.39 is 0 Å². The van der Waals surface area contributed by atoms with E-state index >= 15 is 0 Å². The molecule has 1 fully saturated rings. The average molecular weight is 276 g/mol. The van der Waals surface area contributed by atoms with Crippen LogP contribution < -0.4 is 5.32 Å². The molecule has 3 nitrogen and oxygen atoms in total. The Labute approximate surface area is 123 Å². The molecule has 2 rings (SSSR count). The predicted octanol–water partition coefficient (Wildman–Crippen LogP) is 2.84. The van der Waals surface area contributed by atoms with Crippen LogP contribution in [0.5, 0.6) is 0 Å². The molecule has 20 heavy (non-hydrogen) atoms. The van der Waals surface area contributed by atoms with Gasteiger partial charge in [-0.3, -0.25) is 4.90 Å². The van der Waals surface area contributed by atoms with Crippen molar-refractivity contribution in [3.8, 4) is 0 Å². The van der Waals surface area contributed by atoms with Crippen LogP contribution in [0.1, 0.15) is 38.3 Å². The highest BCUT2D eigenvalue weighted by molar-refractivity contribution is 5.19. The van der Waals surface area contributed by atoms with Gasteiger partial charge in [0.1, 0.15) is 0 Å². The maximum atomic E-state index is 5.46. The second-order valence-electron chi connectivity index (χ2n) is 5.60. The van der Waals surface area contributed by atoms with E-state index in [2.05, 4.69) is 54.4 Å². The zero-order chi connectivity index (χ0) is 14.2. The van der Waals surface area contributed by atoms with Gasteiger partial charge in [0.2, 0.25) is 0 Å². The Balaban J connectivity index is 1.92. The van der Waals surface area contributed by atoms with Crippen molar-refractivity contribution >= 4 is 0 Å². The Morgan fingerprint density at radius 3 is 2.85 bits per heavy atom. The molecule has 0 spiro atoms. The van der Waals surface area contributed by atoms with Crippen LogP contribution >= 0.6 is 0 Å². The number of hydrogen-bond donors (Lipinski definition) is 1. The summed E-state index contributed by atoms with van der Waals surface area (Å²) in [7, 11) is 0. The van der Waals surface area contributed by atoms with E-state index in [4.69, 9.17) is 4.74 Å². The van der Waals surface area contributed by atoms with Crippen molar-refractivity contribution in [3.63, 3.8) is 0 Å². The minimum absolute atomic E-state index is 0.452. The van der Waals surface area contributed by atoms with E-state index in [0.29, 0.717) is 12.1 Å². The molecule has 1 heterocycles. The SMILES string of the molecule is CCOCCCN1CC(c2ccccc2)NCCC1C. The van der Waals surface area contributed by atoms with Gasteiger partial charge in [0.05, 0.1) is 0 Å². The van der Waals surface area contributed by atoms with Gasteiger partial charge in [0.25, 0.3) is 0 Å². The molecule has 0 aromatic heterocycles. The maximum absolute atomic E-state index is 5.46. The Bertz CT molecular complexity index is 369. The third-order valence-electron chi connectivity index (χ3n) is 4.13. The molecule has 2 unspecified atom stereocenters. The minimum Gasteiger partial charge on any atom is -0.382 e. The van der Waals surface area contributed by atoms with E-state index in [1.807, 2.05) is 0 Å². The Morgan fingerprint density at radius 2 is 2.10 bits per heavy atom. The third-order valence-corrected chi connectivity index (χ3v) is 4.13.